The Morgan fingerprint density at radius 1 is 1.53 bits per heavy atom. The molecule has 0 aromatic heterocycles. The van der Waals surface area contributed by atoms with Crippen LogP contribution in [0, 0.1) is 0 Å². The van der Waals surface area contributed by atoms with Gasteiger partial charge in [0.1, 0.15) is 0 Å². The molecular formula is C12H24N2O3. The Hall–Kier alpha value is -0.650. The van der Waals surface area contributed by atoms with Gasteiger partial charge in [-0.1, -0.05) is 13.3 Å². The van der Waals surface area contributed by atoms with E-state index < -0.39 is 6.10 Å². The highest BCUT2D eigenvalue weighted by molar-refractivity contribution is 5.78. The average Bonchev–Trinajstić information content (AvgIpc) is 3.08. The van der Waals surface area contributed by atoms with E-state index in [0.717, 1.165) is 25.7 Å². The summed E-state index contributed by atoms with van der Waals surface area (Å²) in [6.07, 6.45) is 3.76. The molecule has 0 aromatic rings. The molecule has 0 heterocycles. The molecule has 0 radical (unpaired) electrons. The van der Waals surface area contributed by atoms with Crippen LogP contribution in [0.1, 0.15) is 32.6 Å². The van der Waals surface area contributed by atoms with E-state index in [1.165, 1.54) is 0 Å². The maximum Gasteiger partial charge on any atom is 0.234 e. The molecule has 0 aromatic carbocycles. The van der Waals surface area contributed by atoms with Crippen LogP contribution < -0.4 is 10.6 Å². The molecule has 0 aliphatic heterocycles. The van der Waals surface area contributed by atoms with Gasteiger partial charge in [0.25, 0.3) is 0 Å². The number of amides is 1. The summed E-state index contributed by atoms with van der Waals surface area (Å²) in [4.78, 5) is 11.3. The van der Waals surface area contributed by atoms with Gasteiger partial charge in [-0.3, -0.25) is 4.79 Å². The Kier molecular flexibility index (Phi) is 7.16. The first-order valence-corrected chi connectivity index (χ1v) is 6.48. The lowest BCUT2D eigenvalue weighted by molar-refractivity contribution is -0.120. The summed E-state index contributed by atoms with van der Waals surface area (Å²) in [5.41, 5.74) is 0. The van der Waals surface area contributed by atoms with Gasteiger partial charge in [-0.2, -0.15) is 0 Å². The Labute approximate surface area is 103 Å². The van der Waals surface area contributed by atoms with Crippen LogP contribution in [0.25, 0.3) is 0 Å². The minimum Gasteiger partial charge on any atom is -0.389 e. The van der Waals surface area contributed by atoms with Gasteiger partial charge in [0.05, 0.1) is 19.3 Å². The molecule has 17 heavy (non-hydrogen) atoms. The normalized spacial score (nSPS) is 16.8. The van der Waals surface area contributed by atoms with Crippen LogP contribution in [0.3, 0.4) is 0 Å². The highest BCUT2D eigenvalue weighted by Crippen LogP contribution is 2.18. The molecular weight excluding hydrogens is 220 g/mol. The van der Waals surface area contributed by atoms with Crippen molar-refractivity contribution in [3.05, 3.63) is 0 Å². The Morgan fingerprint density at radius 2 is 2.29 bits per heavy atom. The minimum absolute atomic E-state index is 0.00611. The second-order valence-electron chi connectivity index (χ2n) is 4.55. The Bertz CT molecular complexity index is 220. The van der Waals surface area contributed by atoms with E-state index in [1.54, 1.807) is 0 Å². The first-order valence-electron chi connectivity index (χ1n) is 6.48. The Balaban J connectivity index is 1.88. The molecule has 1 aliphatic carbocycles. The molecule has 0 bridgehead atoms. The lowest BCUT2D eigenvalue weighted by Gasteiger charge is -2.12. The molecule has 5 heteroatoms. The Morgan fingerprint density at radius 3 is 2.94 bits per heavy atom. The summed E-state index contributed by atoms with van der Waals surface area (Å²) in [6.45, 7) is 3.78. The third-order valence-electron chi connectivity index (χ3n) is 2.56. The zero-order valence-electron chi connectivity index (χ0n) is 10.6. The fourth-order valence-electron chi connectivity index (χ4n) is 1.38. The molecule has 1 rings (SSSR count). The molecule has 0 spiro atoms. The molecule has 0 saturated heterocycles. The predicted octanol–water partition coefficient (Wildman–Crippen LogP) is 0.0322. The predicted molar refractivity (Wildman–Crippen MR) is 65.8 cm³/mol. The monoisotopic (exact) mass is 244 g/mol. The topological polar surface area (TPSA) is 70.6 Å². The van der Waals surface area contributed by atoms with Crippen LogP contribution in [-0.4, -0.2) is 49.5 Å². The van der Waals surface area contributed by atoms with Crippen molar-refractivity contribution in [2.75, 3.05) is 26.3 Å². The fraction of sp³-hybridized carbons (Fsp3) is 0.917. The van der Waals surface area contributed by atoms with Gasteiger partial charge in [-0.05, 0) is 19.3 Å². The van der Waals surface area contributed by atoms with E-state index in [1.807, 2.05) is 0 Å². The van der Waals surface area contributed by atoms with Gasteiger partial charge in [0, 0.05) is 19.2 Å². The van der Waals surface area contributed by atoms with Crippen LogP contribution >= 0.6 is 0 Å². The van der Waals surface area contributed by atoms with Gasteiger partial charge in [0.2, 0.25) is 5.91 Å². The molecule has 1 fully saturated rings. The van der Waals surface area contributed by atoms with Crippen LogP contribution in [-0.2, 0) is 9.53 Å². The van der Waals surface area contributed by atoms with Crippen molar-refractivity contribution in [1.29, 1.82) is 0 Å². The number of hydrogen-bond donors (Lipinski definition) is 3. The van der Waals surface area contributed by atoms with Crippen molar-refractivity contribution in [2.45, 2.75) is 44.8 Å². The quantitative estimate of drug-likeness (QED) is 0.474. The zero-order valence-corrected chi connectivity index (χ0v) is 10.6. The number of unbranched alkanes of at least 4 members (excludes halogenated alkanes) is 1. The van der Waals surface area contributed by atoms with E-state index in [2.05, 4.69) is 17.6 Å². The van der Waals surface area contributed by atoms with Crippen LogP contribution in [0.4, 0.5) is 0 Å². The number of aliphatic hydroxyl groups excluding tert-OH is 1. The molecule has 1 saturated carbocycles. The van der Waals surface area contributed by atoms with Crippen molar-refractivity contribution in [1.82, 2.24) is 10.6 Å². The summed E-state index contributed by atoms with van der Waals surface area (Å²) in [7, 11) is 0. The average molecular weight is 244 g/mol. The minimum atomic E-state index is -0.541. The van der Waals surface area contributed by atoms with Gasteiger partial charge in [-0.25, -0.2) is 0 Å². The lowest BCUT2D eigenvalue weighted by atomic mass is 10.3. The second kappa shape index (κ2) is 8.44. The van der Waals surface area contributed by atoms with Crippen LogP contribution in [0.5, 0.6) is 0 Å². The van der Waals surface area contributed by atoms with Gasteiger partial charge < -0.3 is 20.5 Å². The number of nitrogens with one attached hydrogen (secondary N) is 2. The van der Waals surface area contributed by atoms with Crippen molar-refractivity contribution in [3.8, 4) is 0 Å². The standard InChI is InChI=1S/C12H24N2O3/c1-2-3-6-17-9-11(15)7-13-8-12(16)14-10-4-5-10/h10-11,13,15H,2-9H2,1H3,(H,14,16). The molecule has 100 valence electrons. The molecule has 3 N–H and O–H groups in total. The third kappa shape index (κ3) is 8.12. The molecule has 1 amide bonds. The smallest absolute Gasteiger partial charge is 0.234 e. The van der Waals surface area contributed by atoms with Crippen LogP contribution in [0.2, 0.25) is 0 Å². The molecule has 1 aliphatic rings. The van der Waals surface area contributed by atoms with Crippen molar-refractivity contribution < 1.29 is 14.6 Å². The highest BCUT2D eigenvalue weighted by Gasteiger charge is 2.22. The summed E-state index contributed by atoms with van der Waals surface area (Å²) in [5, 5.41) is 15.3. The van der Waals surface area contributed by atoms with E-state index in [0.29, 0.717) is 25.8 Å². The molecule has 5 nitrogen and oxygen atoms in total. The van der Waals surface area contributed by atoms with Crippen molar-refractivity contribution >= 4 is 5.91 Å². The number of ether oxygens (including phenoxy) is 1. The number of hydrogen-bond acceptors (Lipinski definition) is 4. The molecule has 1 atom stereocenters. The summed E-state index contributed by atoms with van der Waals surface area (Å²) >= 11 is 0. The van der Waals surface area contributed by atoms with Crippen molar-refractivity contribution in [2.24, 2.45) is 0 Å². The van der Waals surface area contributed by atoms with Crippen molar-refractivity contribution in [3.63, 3.8) is 0 Å². The first-order chi connectivity index (χ1) is 8.22. The van der Waals surface area contributed by atoms with Crippen LogP contribution in [0.15, 0.2) is 0 Å². The van der Waals surface area contributed by atoms with E-state index in [9.17, 15) is 9.90 Å². The van der Waals surface area contributed by atoms with Gasteiger partial charge in [0.15, 0.2) is 0 Å². The maximum atomic E-state index is 11.3. The number of carbonyl (C=O) groups excluding carboxylic acids is 1. The summed E-state index contributed by atoms with van der Waals surface area (Å²) in [6, 6.07) is 0.395. The van der Waals surface area contributed by atoms with Gasteiger partial charge in [-0.15, -0.1) is 0 Å². The number of carbonyl (C=O) groups is 1. The number of rotatable bonds is 10. The SMILES string of the molecule is CCCCOCC(O)CNCC(=O)NC1CC1. The zero-order chi connectivity index (χ0) is 12.5. The second-order valence-corrected chi connectivity index (χ2v) is 4.55. The summed E-state index contributed by atoms with van der Waals surface area (Å²) in [5.74, 6) is 0.00611. The lowest BCUT2D eigenvalue weighted by Crippen LogP contribution is -2.39. The van der Waals surface area contributed by atoms with E-state index >= 15 is 0 Å². The largest absolute Gasteiger partial charge is 0.389 e. The number of aliphatic hydroxyl groups is 1. The first kappa shape index (κ1) is 14.4. The fourth-order valence-corrected chi connectivity index (χ4v) is 1.38. The third-order valence-corrected chi connectivity index (χ3v) is 2.56. The summed E-state index contributed by atoms with van der Waals surface area (Å²) < 4.78 is 5.28. The van der Waals surface area contributed by atoms with Gasteiger partial charge >= 0.3 is 0 Å². The highest BCUT2D eigenvalue weighted by atomic mass is 16.5. The maximum absolute atomic E-state index is 11.3. The van der Waals surface area contributed by atoms with E-state index in [4.69, 9.17) is 4.74 Å². The molecule has 1 unspecified atom stereocenters. The van der Waals surface area contributed by atoms with E-state index in [-0.39, 0.29) is 12.5 Å².